The first kappa shape index (κ1) is 28.4. The molecule has 2 heterocycles. The van der Waals surface area contributed by atoms with Crippen LogP contribution in [0.4, 0.5) is 0 Å². The van der Waals surface area contributed by atoms with E-state index in [1.54, 1.807) is 24.3 Å². The summed E-state index contributed by atoms with van der Waals surface area (Å²) in [7, 11) is 0. The van der Waals surface area contributed by atoms with Crippen LogP contribution in [0.1, 0.15) is 62.7 Å². The Bertz CT molecular complexity index is 932. The highest BCUT2D eigenvalue weighted by Gasteiger charge is 2.27. The Morgan fingerprint density at radius 1 is 1.08 bits per heavy atom. The van der Waals surface area contributed by atoms with Gasteiger partial charge in [-0.25, -0.2) is 0 Å². The minimum Gasteiger partial charge on any atom is -0.493 e. The summed E-state index contributed by atoms with van der Waals surface area (Å²) in [6, 6.07) is 5.25. The van der Waals surface area contributed by atoms with Gasteiger partial charge in [0, 0.05) is 26.1 Å². The molecule has 1 fully saturated rings. The van der Waals surface area contributed by atoms with Crippen molar-refractivity contribution in [1.29, 1.82) is 0 Å². The van der Waals surface area contributed by atoms with Crippen LogP contribution >= 0.6 is 0 Å². The number of benzene rings is 1. The summed E-state index contributed by atoms with van der Waals surface area (Å²) in [6.45, 7) is 7.66. The van der Waals surface area contributed by atoms with Crippen LogP contribution in [0, 0.1) is 5.92 Å². The van der Waals surface area contributed by atoms with E-state index in [0.717, 1.165) is 19.6 Å². The van der Waals surface area contributed by atoms with Crippen LogP contribution in [0.15, 0.2) is 24.3 Å². The zero-order valence-electron chi connectivity index (χ0n) is 22.0. The van der Waals surface area contributed by atoms with Gasteiger partial charge in [-0.1, -0.05) is 32.4 Å². The molecule has 1 aromatic carbocycles. The normalized spacial score (nSPS) is 22.7. The number of rotatable bonds is 5. The number of likely N-dealkylation sites (tertiary alicyclic amines) is 1. The molecule has 0 aromatic heterocycles. The number of ether oxygens (including phenoxy) is 1. The second-order valence-corrected chi connectivity index (χ2v) is 10.0. The molecule has 2 atom stereocenters. The van der Waals surface area contributed by atoms with Gasteiger partial charge >= 0.3 is 0 Å². The summed E-state index contributed by atoms with van der Waals surface area (Å²) in [6.07, 6.45) is 4.19. The fourth-order valence-corrected chi connectivity index (χ4v) is 4.56. The molecule has 1 saturated heterocycles. The fraction of sp³-hybridized carbons (Fsp3) is 0.630. The van der Waals surface area contributed by atoms with Gasteiger partial charge in [0.1, 0.15) is 17.8 Å². The summed E-state index contributed by atoms with van der Waals surface area (Å²) in [5, 5.41) is 11.4. The van der Waals surface area contributed by atoms with Crippen LogP contribution in [-0.4, -0.2) is 79.9 Å². The second kappa shape index (κ2) is 14.6. The van der Waals surface area contributed by atoms with Crippen LogP contribution in [0.3, 0.4) is 0 Å². The molecule has 2 aliphatic heterocycles. The van der Waals surface area contributed by atoms with E-state index in [2.05, 4.69) is 26.2 Å². The van der Waals surface area contributed by atoms with Crippen molar-refractivity contribution in [1.82, 2.24) is 26.2 Å². The maximum absolute atomic E-state index is 13.2. The second-order valence-electron chi connectivity index (χ2n) is 10.0. The molecule has 0 bridgehead atoms. The number of hydrogen-bond acceptors (Lipinski definition) is 6. The molecule has 1 aromatic rings. The smallest absolute Gasteiger partial charge is 0.255 e. The molecule has 4 amide bonds. The molecule has 0 spiro atoms. The van der Waals surface area contributed by atoms with E-state index < -0.39 is 18.0 Å². The van der Waals surface area contributed by atoms with E-state index >= 15 is 0 Å². The monoisotopic (exact) mass is 515 g/mol. The molecular weight excluding hydrogens is 474 g/mol. The van der Waals surface area contributed by atoms with E-state index in [0.29, 0.717) is 37.4 Å². The lowest BCUT2D eigenvalue weighted by Gasteiger charge is -2.27. The standard InChI is InChI=1S/C27H41N5O5/c1-19(2)24-27(36)28-13-8-18-37-22-10-5-4-9-20(22)25(34)30-21(11-12-23(33)31-24)26(35)29-14-17-32-15-6-3-7-16-32/h4-5,9-10,19,21,24H,3,6-8,11-18H2,1-2H3,(H,28,36)(H,29,35)(H,30,34)(H,31,33)/t21-,24?/m0/s1. The molecule has 2 aliphatic rings. The predicted molar refractivity (Wildman–Crippen MR) is 140 cm³/mol. The van der Waals surface area contributed by atoms with Crippen LogP contribution in [0.2, 0.25) is 0 Å². The van der Waals surface area contributed by atoms with E-state index in [1.807, 2.05) is 13.8 Å². The van der Waals surface area contributed by atoms with E-state index in [-0.39, 0.29) is 36.5 Å². The van der Waals surface area contributed by atoms with E-state index in [9.17, 15) is 19.2 Å². The number of carbonyl (C=O) groups is 4. The molecule has 4 N–H and O–H groups in total. The number of nitrogens with one attached hydrogen (secondary N) is 4. The lowest BCUT2D eigenvalue weighted by molar-refractivity contribution is -0.130. The van der Waals surface area contributed by atoms with Crippen LogP contribution < -0.4 is 26.0 Å². The lowest BCUT2D eigenvalue weighted by Crippen LogP contribution is -2.51. The number of nitrogens with zero attached hydrogens (tertiary/aromatic N) is 1. The van der Waals surface area contributed by atoms with Gasteiger partial charge in [-0.3, -0.25) is 19.2 Å². The van der Waals surface area contributed by atoms with Crippen LogP contribution in [0.5, 0.6) is 5.75 Å². The van der Waals surface area contributed by atoms with Crippen molar-refractivity contribution in [2.45, 2.75) is 64.5 Å². The molecule has 0 radical (unpaired) electrons. The number of piperidine rings is 1. The lowest BCUT2D eigenvalue weighted by atomic mass is 10.0. The van der Waals surface area contributed by atoms with Crippen molar-refractivity contribution in [2.75, 3.05) is 39.3 Å². The van der Waals surface area contributed by atoms with Crippen LogP contribution in [-0.2, 0) is 14.4 Å². The molecule has 1 unspecified atom stereocenters. The Hall–Kier alpha value is -3.14. The van der Waals surface area contributed by atoms with Crippen molar-refractivity contribution >= 4 is 23.6 Å². The molecule has 204 valence electrons. The van der Waals surface area contributed by atoms with Gasteiger partial charge in [-0.15, -0.1) is 0 Å². The minimum absolute atomic E-state index is 0.0147. The maximum atomic E-state index is 13.2. The highest BCUT2D eigenvalue weighted by molar-refractivity contribution is 5.99. The third kappa shape index (κ3) is 9.03. The summed E-state index contributed by atoms with van der Waals surface area (Å²) >= 11 is 0. The first-order chi connectivity index (χ1) is 17.8. The number of amides is 4. The molecule has 10 nitrogen and oxygen atoms in total. The third-order valence-corrected chi connectivity index (χ3v) is 6.73. The zero-order valence-corrected chi connectivity index (χ0v) is 22.0. The fourth-order valence-electron chi connectivity index (χ4n) is 4.56. The zero-order chi connectivity index (χ0) is 26.6. The quantitative estimate of drug-likeness (QED) is 0.467. The largest absolute Gasteiger partial charge is 0.493 e. The van der Waals surface area contributed by atoms with Gasteiger partial charge in [0.2, 0.25) is 17.7 Å². The Morgan fingerprint density at radius 2 is 1.84 bits per heavy atom. The van der Waals surface area contributed by atoms with Gasteiger partial charge in [0.05, 0.1) is 12.2 Å². The SMILES string of the molecule is CC(C)C1NC(=O)CC[C@@H](C(=O)NCCN2CCCCC2)NC(=O)c2ccccc2OCCCNC1=O. The average molecular weight is 516 g/mol. The maximum Gasteiger partial charge on any atom is 0.255 e. The van der Waals surface area contributed by atoms with Crippen molar-refractivity contribution in [3.63, 3.8) is 0 Å². The Labute approximate surface area is 219 Å². The Balaban J connectivity index is 1.73. The molecular formula is C27H41N5O5. The van der Waals surface area contributed by atoms with Gasteiger partial charge in [-0.05, 0) is 56.8 Å². The van der Waals surface area contributed by atoms with Gasteiger partial charge in [0.25, 0.3) is 5.91 Å². The number of para-hydroxylation sites is 1. The molecule has 3 rings (SSSR count). The van der Waals surface area contributed by atoms with E-state index in [4.69, 9.17) is 4.74 Å². The highest BCUT2D eigenvalue weighted by atomic mass is 16.5. The average Bonchev–Trinajstić information content (AvgIpc) is 2.89. The predicted octanol–water partition coefficient (Wildman–Crippen LogP) is 1.21. The highest BCUT2D eigenvalue weighted by Crippen LogP contribution is 2.19. The molecule has 37 heavy (non-hydrogen) atoms. The van der Waals surface area contributed by atoms with Crippen LogP contribution in [0.25, 0.3) is 0 Å². The first-order valence-electron chi connectivity index (χ1n) is 13.4. The summed E-state index contributed by atoms with van der Waals surface area (Å²) in [5.41, 5.74) is 0.314. The summed E-state index contributed by atoms with van der Waals surface area (Å²) in [5.74, 6) is -1.08. The van der Waals surface area contributed by atoms with Crippen molar-refractivity contribution in [3.05, 3.63) is 29.8 Å². The van der Waals surface area contributed by atoms with Crippen molar-refractivity contribution in [2.24, 2.45) is 5.92 Å². The number of fused-ring (bicyclic) bond motifs is 1. The Morgan fingerprint density at radius 3 is 2.59 bits per heavy atom. The first-order valence-corrected chi connectivity index (χ1v) is 13.4. The summed E-state index contributed by atoms with van der Waals surface area (Å²) in [4.78, 5) is 54.0. The minimum atomic E-state index is -0.910. The molecule has 0 aliphatic carbocycles. The van der Waals surface area contributed by atoms with E-state index in [1.165, 1.54) is 19.3 Å². The van der Waals surface area contributed by atoms with Gasteiger partial charge in [-0.2, -0.15) is 0 Å². The van der Waals surface area contributed by atoms with Crippen molar-refractivity contribution < 1.29 is 23.9 Å². The third-order valence-electron chi connectivity index (χ3n) is 6.73. The van der Waals surface area contributed by atoms with Gasteiger partial charge in [0.15, 0.2) is 0 Å². The number of carbonyl (C=O) groups excluding carboxylic acids is 4. The summed E-state index contributed by atoms with van der Waals surface area (Å²) < 4.78 is 5.83. The Kier molecular flexibility index (Phi) is 11.2. The van der Waals surface area contributed by atoms with Gasteiger partial charge < -0.3 is 30.9 Å². The topological polar surface area (TPSA) is 129 Å². The van der Waals surface area contributed by atoms with Crippen molar-refractivity contribution in [3.8, 4) is 5.75 Å². The molecule has 0 saturated carbocycles. The molecule has 10 heteroatoms. The number of hydrogen-bond donors (Lipinski definition) is 4.